The maximum absolute atomic E-state index is 13.1. The molecule has 1 aliphatic rings. The van der Waals surface area contributed by atoms with Crippen LogP contribution in [0.3, 0.4) is 0 Å². The molecule has 3 aromatic rings. The number of carbonyl (C=O) groups excluding carboxylic acids is 1. The van der Waals surface area contributed by atoms with Crippen LogP contribution in [0.2, 0.25) is 0 Å². The lowest BCUT2D eigenvalue weighted by Crippen LogP contribution is -2.31. The number of anilines is 1. The summed E-state index contributed by atoms with van der Waals surface area (Å²) in [5.74, 6) is 0.0256. The Morgan fingerprint density at radius 2 is 1.72 bits per heavy atom. The molecule has 1 fully saturated rings. The summed E-state index contributed by atoms with van der Waals surface area (Å²) in [6.45, 7) is 5.17. The van der Waals surface area contributed by atoms with Gasteiger partial charge in [-0.2, -0.15) is 0 Å². The normalized spacial score (nSPS) is 14.9. The van der Waals surface area contributed by atoms with Gasteiger partial charge in [0.05, 0.1) is 11.4 Å². The standard InChI is InChI=1S/C23H28N4O3S2/c1-16-21(23(28)27-13-9-4-5-10-14-27)31-22(24-16)19-15-20(17(2)26(19)3)32(29,30)25-18-11-7-6-8-12-18/h6-8,11-12,15,25H,4-5,9-10,13-14H2,1-3H3. The van der Waals surface area contributed by atoms with Gasteiger partial charge in [0, 0.05) is 31.5 Å². The molecule has 0 unspecified atom stereocenters. The molecule has 9 heteroatoms. The van der Waals surface area contributed by atoms with Crippen molar-refractivity contribution in [1.82, 2.24) is 14.5 Å². The van der Waals surface area contributed by atoms with Crippen LogP contribution in [0.5, 0.6) is 0 Å². The predicted molar refractivity (Wildman–Crippen MR) is 128 cm³/mol. The summed E-state index contributed by atoms with van der Waals surface area (Å²) in [6, 6.07) is 10.5. The Hall–Kier alpha value is -2.65. The van der Waals surface area contributed by atoms with Crippen LogP contribution in [0, 0.1) is 13.8 Å². The van der Waals surface area contributed by atoms with Crippen molar-refractivity contribution in [1.29, 1.82) is 0 Å². The monoisotopic (exact) mass is 472 g/mol. The van der Waals surface area contributed by atoms with Gasteiger partial charge in [-0.1, -0.05) is 31.0 Å². The molecule has 170 valence electrons. The minimum absolute atomic E-state index is 0.0256. The Morgan fingerprint density at radius 3 is 2.38 bits per heavy atom. The molecule has 0 spiro atoms. The number of amides is 1. The molecule has 1 amide bonds. The number of hydrogen-bond donors (Lipinski definition) is 1. The number of likely N-dealkylation sites (tertiary alicyclic amines) is 1. The van der Waals surface area contributed by atoms with Crippen LogP contribution in [-0.4, -0.2) is 41.9 Å². The number of aromatic nitrogens is 2. The summed E-state index contributed by atoms with van der Waals surface area (Å²) in [5, 5.41) is 0.646. The average molecular weight is 473 g/mol. The largest absolute Gasteiger partial charge is 0.345 e. The Labute approximate surface area is 193 Å². The van der Waals surface area contributed by atoms with Crippen LogP contribution in [0.1, 0.15) is 46.7 Å². The van der Waals surface area contributed by atoms with Crippen LogP contribution in [-0.2, 0) is 17.1 Å². The third-order valence-corrected chi connectivity index (χ3v) is 8.57. The Kier molecular flexibility index (Phi) is 6.39. The van der Waals surface area contributed by atoms with E-state index in [1.54, 1.807) is 37.3 Å². The highest BCUT2D eigenvalue weighted by Gasteiger charge is 2.26. The van der Waals surface area contributed by atoms with Gasteiger partial charge in [-0.15, -0.1) is 11.3 Å². The second-order valence-corrected chi connectivity index (χ2v) is 10.8. The summed E-state index contributed by atoms with van der Waals surface area (Å²) < 4.78 is 30.5. The molecule has 0 radical (unpaired) electrons. The summed E-state index contributed by atoms with van der Waals surface area (Å²) in [7, 11) is -1.94. The SMILES string of the molecule is Cc1nc(-c2cc(S(=O)(=O)Nc3ccccc3)c(C)n2C)sc1C(=O)N1CCCCCC1. The van der Waals surface area contributed by atoms with Crippen molar-refractivity contribution in [2.75, 3.05) is 17.8 Å². The van der Waals surface area contributed by atoms with Crippen molar-refractivity contribution in [3.05, 3.63) is 52.7 Å². The molecule has 32 heavy (non-hydrogen) atoms. The molecule has 1 aliphatic heterocycles. The molecule has 1 saturated heterocycles. The third-order valence-electron chi connectivity index (χ3n) is 5.91. The number of benzene rings is 1. The van der Waals surface area contributed by atoms with E-state index in [9.17, 15) is 13.2 Å². The van der Waals surface area contributed by atoms with E-state index in [1.165, 1.54) is 11.3 Å². The first-order valence-corrected chi connectivity index (χ1v) is 13.1. The number of hydrogen-bond acceptors (Lipinski definition) is 5. The molecule has 3 heterocycles. The van der Waals surface area contributed by atoms with E-state index in [0.717, 1.165) is 38.8 Å². The van der Waals surface area contributed by atoms with Gasteiger partial charge in [-0.3, -0.25) is 9.52 Å². The number of carbonyl (C=O) groups is 1. The maximum Gasteiger partial charge on any atom is 0.265 e. The minimum Gasteiger partial charge on any atom is -0.345 e. The van der Waals surface area contributed by atoms with Crippen LogP contribution >= 0.6 is 11.3 Å². The second kappa shape index (κ2) is 9.07. The Balaban J connectivity index is 1.65. The predicted octanol–water partition coefficient (Wildman–Crippen LogP) is 4.58. The summed E-state index contributed by atoms with van der Waals surface area (Å²) in [6.07, 6.45) is 4.38. The highest BCUT2D eigenvalue weighted by atomic mass is 32.2. The molecule has 0 aliphatic carbocycles. The highest BCUT2D eigenvalue weighted by Crippen LogP contribution is 2.33. The van der Waals surface area contributed by atoms with Crippen LogP contribution in [0.4, 0.5) is 5.69 Å². The summed E-state index contributed by atoms with van der Waals surface area (Å²) >= 11 is 1.33. The van der Waals surface area contributed by atoms with Gasteiger partial charge in [0.1, 0.15) is 14.8 Å². The molecule has 0 saturated carbocycles. The molecule has 1 N–H and O–H groups in total. The molecule has 2 aromatic heterocycles. The number of nitrogens with one attached hydrogen (secondary N) is 1. The highest BCUT2D eigenvalue weighted by molar-refractivity contribution is 7.92. The fraction of sp³-hybridized carbons (Fsp3) is 0.391. The zero-order valence-corrected chi connectivity index (χ0v) is 20.2. The van der Waals surface area contributed by atoms with E-state index >= 15 is 0 Å². The van der Waals surface area contributed by atoms with Crippen molar-refractivity contribution < 1.29 is 13.2 Å². The zero-order chi connectivity index (χ0) is 22.9. The third kappa shape index (κ3) is 4.45. The smallest absolute Gasteiger partial charge is 0.265 e. The lowest BCUT2D eigenvalue weighted by molar-refractivity contribution is 0.0765. The van der Waals surface area contributed by atoms with Crippen LogP contribution < -0.4 is 4.72 Å². The fourth-order valence-electron chi connectivity index (χ4n) is 3.99. The van der Waals surface area contributed by atoms with Crippen molar-refractivity contribution in [3.63, 3.8) is 0 Å². The Bertz CT molecular complexity index is 1220. The van der Waals surface area contributed by atoms with Gasteiger partial charge in [-0.25, -0.2) is 13.4 Å². The number of rotatable bonds is 5. The maximum atomic E-state index is 13.1. The van der Waals surface area contributed by atoms with Gasteiger partial charge < -0.3 is 9.47 Å². The van der Waals surface area contributed by atoms with E-state index in [4.69, 9.17) is 0 Å². The molecule has 4 rings (SSSR count). The van der Waals surface area contributed by atoms with Gasteiger partial charge >= 0.3 is 0 Å². The quantitative estimate of drug-likeness (QED) is 0.589. The molecular formula is C23H28N4O3S2. The zero-order valence-electron chi connectivity index (χ0n) is 18.6. The fourth-order valence-corrected chi connectivity index (χ4v) is 6.42. The van der Waals surface area contributed by atoms with Gasteiger partial charge in [-0.05, 0) is 44.9 Å². The number of nitrogens with zero attached hydrogens (tertiary/aromatic N) is 3. The van der Waals surface area contributed by atoms with Crippen molar-refractivity contribution in [2.24, 2.45) is 7.05 Å². The first-order chi connectivity index (χ1) is 15.3. The molecule has 1 aromatic carbocycles. The van der Waals surface area contributed by atoms with E-state index in [1.807, 2.05) is 29.5 Å². The topological polar surface area (TPSA) is 84.3 Å². The van der Waals surface area contributed by atoms with Gasteiger partial charge in [0.25, 0.3) is 15.9 Å². The van der Waals surface area contributed by atoms with E-state index in [-0.39, 0.29) is 10.8 Å². The molecule has 7 nitrogen and oxygen atoms in total. The number of thiazole rings is 1. The first kappa shape index (κ1) is 22.5. The van der Waals surface area contributed by atoms with Gasteiger partial charge in [0.2, 0.25) is 0 Å². The average Bonchev–Trinajstić information content (AvgIpc) is 3.15. The van der Waals surface area contributed by atoms with E-state index in [2.05, 4.69) is 9.71 Å². The Morgan fingerprint density at radius 1 is 1.06 bits per heavy atom. The molecule has 0 bridgehead atoms. The molecule has 0 atom stereocenters. The first-order valence-electron chi connectivity index (χ1n) is 10.8. The number of sulfonamides is 1. The minimum atomic E-state index is -3.76. The van der Waals surface area contributed by atoms with Crippen LogP contribution in [0.15, 0.2) is 41.3 Å². The molecular weight excluding hydrogens is 444 g/mol. The van der Waals surface area contributed by atoms with Crippen LogP contribution in [0.25, 0.3) is 10.7 Å². The second-order valence-electron chi connectivity index (χ2n) is 8.15. The summed E-state index contributed by atoms with van der Waals surface area (Å²) in [5.41, 5.74) is 2.48. The lowest BCUT2D eigenvalue weighted by atomic mass is 10.2. The van der Waals surface area contributed by atoms with E-state index < -0.39 is 10.0 Å². The van der Waals surface area contributed by atoms with Crippen molar-refractivity contribution in [2.45, 2.75) is 44.4 Å². The summed E-state index contributed by atoms with van der Waals surface area (Å²) in [4.78, 5) is 20.5. The lowest BCUT2D eigenvalue weighted by Gasteiger charge is -2.19. The van der Waals surface area contributed by atoms with E-state index in [0.29, 0.717) is 32.7 Å². The number of para-hydroxylation sites is 1. The van der Waals surface area contributed by atoms with Crippen molar-refractivity contribution in [3.8, 4) is 10.7 Å². The number of aryl methyl sites for hydroxylation is 1. The van der Waals surface area contributed by atoms with Gasteiger partial charge in [0.15, 0.2) is 0 Å². The van der Waals surface area contributed by atoms with Crippen molar-refractivity contribution >= 4 is 33.0 Å².